The maximum Gasteiger partial charge on any atom is 0.223 e. The second kappa shape index (κ2) is 8.33. The molecule has 0 unspecified atom stereocenters. The normalized spacial score (nSPS) is 14.8. The minimum Gasteiger partial charge on any atom is -0.381 e. The van der Waals surface area contributed by atoms with E-state index < -0.39 is 0 Å². The first kappa shape index (κ1) is 18.9. The number of rotatable bonds is 5. The molecule has 0 aliphatic carbocycles. The predicted molar refractivity (Wildman–Crippen MR) is 114 cm³/mol. The summed E-state index contributed by atoms with van der Waals surface area (Å²) in [4.78, 5) is 13.4. The molecule has 30 heavy (non-hydrogen) atoms. The van der Waals surface area contributed by atoms with Crippen molar-refractivity contribution in [2.24, 2.45) is 0 Å². The minimum atomic E-state index is 0.342. The van der Waals surface area contributed by atoms with Crippen LogP contribution in [0.4, 0.5) is 5.95 Å². The SMILES string of the molecule is Clc1cccnc1Cc1nnc2cc(-c3ccnc(NC4CCOCC4)n3)ccn12. The number of ether oxygens (including phenoxy) is 1. The van der Waals surface area contributed by atoms with Crippen LogP contribution >= 0.6 is 11.6 Å². The van der Waals surface area contributed by atoms with E-state index in [2.05, 4.69) is 30.5 Å². The van der Waals surface area contributed by atoms with E-state index in [1.165, 1.54) is 0 Å². The summed E-state index contributed by atoms with van der Waals surface area (Å²) in [6, 6.07) is 9.84. The Morgan fingerprint density at radius 1 is 1.10 bits per heavy atom. The van der Waals surface area contributed by atoms with E-state index in [0.29, 0.717) is 23.4 Å². The summed E-state index contributed by atoms with van der Waals surface area (Å²) >= 11 is 6.24. The Bertz CT molecular complexity index is 1170. The number of anilines is 1. The van der Waals surface area contributed by atoms with E-state index in [0.717, 1.165) is 54.5 Å². The molecular weight excluding hydrogens is 402 g/mol. The fourth-order valence-electron chi connectivity index (χ4n) is 3.53. The van der Waals surface area contributed by atoms with Crippen molar-refractivity contribution in [1.29, 1.82) is 0 Å². The van der Waals surface area contributed by atoms with Crippen LogP contribution in [-0.4, -0.2) is 48.8 Å². The van der Waals surface area contributed by atoms with Crippen LogP contribution < -0.4 is 5.32 Å². The lowest BCUT2D eigenvalue weighted by Gasteiger charge is -2.23. The van der Waals surface area contributed by atoms with Gasteiger partial charge < -0.3 is 10.1 Å². The van der Waals surface area contributed by atoms with E-state index in [1.807, 2.05) is 40.9 Å². The highest BCUT2D eigenvalue weighted by molar-refractivity contribution is 6.31. The number of fused-ring (bicyclic) bond motifs is 1. The van der Waals surface area contributed by atoms with Gasteiger partial charge in [-0.25, -0.2) is 9.97 Å². The number of pyridine rings is 2. The Labute approximate surface area is 178 Å². The number of halogens is 1. The third kappa shape index (κ3) is 3.96. The van der Waals surface area contributed by atoms with Crippen LogP contribution in [0, 0.1) is 0 Å². The minimum absolute atomic E-state index is 0.342. The second-order valence-electron chi connectivity index (χ2n) is 7.17. The van der Waals surface area contributed by atoms with Gasteiger partial charge in [-0.15, -0.1) is 10.2 Å². The number of aromatic nitrogens is 6. The monoisotopic (exact) mass is 421 g/mol. The molecule has 0 amide bonds. The summed E-state index contributed by atoms with van der Waals surface area (Å²) in [5, 5.41) is 12.7. The highest BCUT2D eigenvalue weighted by atomic mass is 35.5. The molecule has 0 saturated carbocycles. The molecule has 5 rings (SSSR count). The van der Waals surface area contributed by atoms with Crippen molar-refractivity contribution in [2.45, 2.75) is 25.3 Å². The van der Waals surface area contributed by atoms with Gasteiger partial charge in [0.25, 0.3) is 0 Å². The summed E-state index contributed by atoms with van der Waals surface area (Å²) in [5.74, 6) is 1.41. The molecule has 4 aromatic rings. The highest BCUT2D eigenvalue weighted by Gasteiger charge is 2.15. The van der Waals surface area contributed by atoms with Crippen LogP contribution in [0.1, 0.15) is 24.4 Å². The van der Waals surface area contributed by atoms with E-state index in [4.69, 9.17) is 16.3 Å². The summed E-state index contributed by atoms with van der Waals surface area (Å²) in [7, 11) is 0. The highest BCUT2D eigenvalue weighted by Crippen LogP contribution is 2.22. The fraction of sp³-hybridized carbons (Fsp3) is 0.286. The molecule has 5 heterocycles. The van der Waals surface area contributed by atoms with Crippen LogP contribution in [0.3, 0.4) is 0 Å². The van der Waals surface area contributed by atoms with Crippen LogP contribution in [0.15, 0.2) is 48.9 Å². The quantitative estimate of drug-likeness (QED) is 0.528. The molecule has 1 saturated heterocycles. The molecule has 8 nitrogen and oxygen atoms in total. The third-order valence-corrected chi connectivity index (χ3v) is 5.49. The Balaban J connectivity index is 1.39. The lowest BCUT2D eigenvalue weighted by atomic mass is 10.1. The summed E-state index contributed by atoms with van der Waals surface area (Å²) in [6.07, 6.45) is 7.87. The van der Waals surface area contributed by atoms with Gasteiger partial charge in [-0.2, -0.15) is 0 Å². The molecule has 1 N–H and O–H groups in total. The Morgan fingerprint density at radius 3 is 2.87 bits per heavy atom. The standard InChI is InChI=1S/C21H20ClN7O/c22-16-2-1-7-23-18(16)13-20-28-27-19-12-14(4-9-29(19)20)17-3-8-24-21(26-17)25-15-5-10-30-11-6-15/h1-4,7-9,12,15H,5-6,10-11,13H2,(H,24,25,26). The largest absolute Gasteiger partial charge is 0.381 e. The van der Waals surface area contributed by atoms with E-state index in [-0.39, 0.29) is 0 Å². The first-order valence-corrected chi connectivity index (χ1v) is 10.2. The topological polar surface area (TPSA) is 90.1 Å². The van der Waals surface area contributed by atoms with Gasteiger partial charge in [-0.3, -0.25) is 9.38 Å². The smallest absolute Gasteiger partial charge is 0.223 e. The van der Waals surface area contributed by atoms with Gasteiger partial charge in [0.15, 0.2) is 5.65 Å². The lowest BCUT2D eigenvalue weighted by Crippen LogP contribution is -2.28. The molecule has 0 atom stereocenters. The second-order valence-corrected chi connectivity index (χ2v) is 7.57. The molecule has 0 aromatic carbocycles. The van der Waals surface area contributed by atoms with Crippen molar-refractivity contribution >= 4 is 23.2 Å². The van der Waals surface area contributed by atoms with E-state index in [1.54, 1.807) is 12.4 Å². The van der Waals surface area contributed by atoms with Gasteiger partial charge in [0.05, 0.1) is 22.8 Å². The third-order valence-electron chi connectivity index (χ3n) is 5.15. The van der Waals surface area contributed by atoms with Crippen LogP contribution in [-0.2, 0) is 11.2 Å². The molecule has 9 heteroatoms. The molecule has 4 aromatic heterocycles. The average Bonchev–Trinajstić information content (AvgIpc) is 3.18. The summed E-state index contributed by atoms with van der Waals surface area (Å²) < 4.78 is 7.35. The van der Waals surface area contributed by atoms with Crippen LogP contribution in [0.25, 0.3) is 16.9 Å². The zero-order chi connectivity index (χ0) is 20.3. The van der Waals surface area contributed by atoms with Crippen molar-refractivity contribution in [3.8, 4) is 11.3 Å². The van der Waals surface area contributed by atoms with Crippen molar-refractivity contribution in [2.75, 3.05) is 18.5 Å². The zero-order valence-corrected chi connectivity index (χ0v) is 17.0. The Hall–Kier alpha value is -3.10. The van der Waals surface area contributed by atoms with Gasteiger partial charge in [-0.1, -0.05) is 11.6 Å². The molecule has 1 fully saturated rings. The lowest BCUT2D eigenvalue weighted by molar-refractivity contribution is 0.0903. The first-order valence-electron chi connectivity index (χ1n) is 9.87. The van der Waals surface area contributed by atoms with Gasteiger partial charge in [0.2, 0.25) is 5.95 Å². The number of hydrogen-bond donors (Lipinski definition) is 1. The van der Waals surface area contributed by atoms with Crippen molar-refractivity contribution in [3.05, 3.63) is 65.5 Å². The molecular formula is C21H20ClN7O. The molecule has 152 valence electrons. The number of nitrogens with zero attached hydrogens (tertiary/aromatic N) is 6. The molecule has 1 aliphatic rings. The predicted octanol–water partition coefficient (Wildman–Crippen LogP) is 3.42. The summed E-state index contributed by atoms with van der Waals surface area (Å²) in [6.45, 7) is 1.54. The maximum absolute atomic E-state index is 6.24. The molecule has 0 spiro atoms. The molecule has 1 aliphatic heterocycles. The Kier molecular flexibility index (Phi) is 5.25. The summed E-state index contributed by atoms with van der Waals surface area (Å²) in [5.41, 5.74) is 3.30. The molecule has 0 radical (unpaired) electrons. The maximum atomic E-state index is 6.24. The Morgan fingerprint density at radius 2 is 2.00 bits per heavy atom. The van der Waals surface area contributed by atoms with Gasteiger partial charge in [0.1, 0.15) is 5.82 Å². The van der Waals surface area contributed by atoms with Crippen molar-refractivity contribution in [1.82, 2.24) is 29.5 Å². The van der Waals surface area contributed by atoms with Gasteiger partial charge >= 0.3 is 0 Å². The van der Waals surface area contributed by atoms with Crippen molar-refractivity contribution < 1.29 is 4.74 Å². The molecule has 0 bridgehead atoms. The number of hydrogen-bond acceptors (Lipinski definition) is 7. The van der Waals surface area contributed by atoms with Gasteiger partial charge in [0, 0.05) is 43.4 Å². The number of nitrogens with one attached hydrogen (secondary N) is 1. The van der Waals surface area contributed by atoms with Gasteiger partial charge in [-0.05, 0) is 43.2 Å². The van der Waals surface area contributed by atoms with E-state index in [9.17, 15) is 0 Å². The van der Waals surface area contributed by atoms with Crippen LogP contribution in [0.5, 0.6) is 0 Å². The van der Waals surface area contributed by atoms with Crippen molar-refractivity contribution in [3.63, 3.8) is 0 Å². The van der Waals surface area contributed by atoms with E-state index >= 15 is 0 Å². The zero-order valence-electron chi connectivity index (χ0n) is 16.2. The average molecular weight is 422 g/mol. The fourth-order valence-corrected chi connectivity index (χ4v) is 3.72. The van der Waals surface area contributed by atoms with Crippen LogP contribution in [0.2, 0.25) is 5.02 Å². The first-order chi connectivity index (χ1) is 14.8.